The lowest BCUT2D eigenvalue weighted by Crippen LogP contribution is -2.48. The molecule has 0 spiro atoms. The van der Waals surface area contributed by atoms with Gasteiger partial charge in [0.1, 0.15) is 5.60 Å². The summed E-state index contributed by atoms with van der Waals surface area (Å²) in [5.74, 6) is 0. The van der Waals surface area contributed by atoms with Crippen LogP contribution in [0.5, 0.6) is 0 Å². The van der Waals surface area contributed by atoms with Crippen LogP contribution in [0.4, 0.5) is 0 Å². The van der Waals surface area contributed by atoms with Gasteiger partial charge in [0, 0.05) is 45.0 Å². The summed E-state index contributed by atoms with van der Waals surface area (Å²) in [7, 11) is 0. The molecule has 0 amide bonds. The summed E-state index contributed by atoms with van der Waals surface area (Å²) in [6.07, 6.45) is 1.89. The monoisotopic (exact) mass is 277 g/mol. The number of pyridine rings is 1. The summed E-state index contributed by atoms with van der Waals surface area (Å²) < 4.78 is 0. The number of nitrogens with zero attached hydrogens (tertiary/aromatic N) is 3. The Morgan fingerprint density at radius 3 is 2.30 bits per heavy atom. The summed E-state index contributed by atoms with van der Waals surface area (Å²) in [5.41, 5.74) is 1.09. The van der Waals surface area contributed by atoms with E-state index in [1.165, 1.54) is 5.56 Å². The first kappa shape index (κ1) is 15.4. The first-order chi connectivity index (χ1) is 9.36. The van der Waals surface area contributed by atoms with E-state index in [-0.39, 0.29) is 0 Å². The topological polar surface area (TPSA) is 39.6 Å². The Bertz CT molecular complexity index is 414. The standard InChI is InChI=1S/C16H27N3O/c1-13(2)19-9-7-18(8-10-19)12-14-5-6-15(17-11-14)16(3,4)20/h5-6,11,13,20H,7-10,12H2,1-4H3. The highest BCUT2D eigenvalue weighted by molar-refractivity contribution is 5.17. The van der Waals surface area contributed by atoms with Crippen LogP contribution >= 0.6 is 0 Å². The van der Waals surface area contributed by atoms with Crippen LogP contribution in [-0.2, 0) is 12.1 Å². The van der Waals surface area contributed by atoms with Crippen molar-refractivity contribution in [3.05, 3.63) is 29.6 Å². The molecule has 0 aromatic carbocycles. The Kier molecular flexibility index (Phi) is 4.78. The van der Waals surface area contributed by atoms with Crippen LogP contribution in [0.15, 0.2) is 18.3 Å². The number of rotatable bonds is 4. The first-order valence-electron chi connectivity index (χ1n) is 7.50. The van der Waals surface area contributed by atoms with Crippen molar-refractivity contribution in [2.75, 3.05) is 26.2 Å². The zero-order valence-electron chi connectivity index (χ0n) is 13.1. The van der Waals surface area contributed by atoms with Crippen LogP contribution in [0.2, 0.25) is 0 Å². The third-order valence-corrected chi connectivity index (χ3v) is 3.99. The molecule has 2 heterocycles. The van der Waals surface area contributed by atoms with Gasteiger partial charge in [-0.3, -0.25) is 14.8 Å². The molecule has 4 nitrogen and oxygen atoms in total. The second-order valence-corrected chi connectivity index (χ2v) is 6.52. The van der Waals surface area contributed by atoms with Gasteiger partial charge in [-0.05, 0) is 39.3 Å². The minimum atomic E-state index is -0.860. The minimum Gasteiger partial charge on any atom is -0.384 e. The van der Waals surface area contributed by atoms with Gasteiger partial charge in [-0.2, -0.15) is 0 Å². The van der Waals surface area contributed by atoms with Gasteiger partial charge >= 0.3 is 0 Å². The molecule has 0 atom stereocenters. The number of hydrogen-bond donors (Lipinski definition) is 1. The maximum absolute atomic E-state index is 9.90. The summed E-state index contributed by atoms with van der Waals surface area (Å²) >= 11 is 0. The SMILES string of the molecule is CC(C)N1CCN(Cc2ccc(C(C)(C)O)nc2)CC1. The Morgan fingerprint density at radius 2 is 1.85 bits per heavy atom. The van der Waals surface area contributed by atoms with E-state index in [4.69, 9.17) is 0 Å². The fourth-order valence-electron chi connectivity index (χ4n) is 2.58. The number of hydrogen-bond acceptors (Lipinski definition) is 4. The Balaban J connectivity index is 1.89. The molecule has 0 saturated carbocycles. The molecular weight excluding hydrogens is 250 g/mol. The molecule has 4 heteroatoms. The van der Waals surface area contributed by atoms with Gasteiger partial charge < -0.3 is 5.11 Å². The predicted molar refractivity (Wildman–Crippen MR) is 81.5 cm³/mol. The van der Waals surface area contributed by atoms with Gasteiger partial charge in [0.15, 0.2) is 0 Å². The lowest BCUT2D eigenvalue weighted by Gasteiger charge is -2.36. The largest absolute Gasteiger partial charge is 0.384 e. The molecule has 0 bridgehead atoms. The molecule has 0 aliphatic carbocycles. The molecule has 1 aliphatic heterocycles. The molecule has 1 aromatic rings. The molecule has 0 unspecified atom stereocenters. The molecule has 1 saturated heterocycles. The first-order valence-corrected chi connectivity index (χ1v) is 7.50. The molecule has 0 radical (unpaired) electrons. The summed E-state index contributed by atoms with van der Waals surface area (Å²) in [6.45, 7) is 13.5. The van der Waals surface area contributed by atoms with Crippen molar-refractivity contribution in [3.63, 3.8) is 0 Å². The van der Waals surface area contributed by atoms with Crippen molar-refractivity contribution in [1.29, 1.82) is 0 Å². The van der Waals surface area contributed by atoms with Gasteiger partial charge in [-0.25, -0.2) is 0 Å². The van der Waals surface area contributed by atoms with Crippen LogP contribution in [0.25, 0.3) is 0 Å². The molecule has 1 fully saturated rings. The second kappa shape index (κ2) is 6.20. The minimum absolute atomic E-state index is 0.643. The van der Waals surface area contributed by atoms with Gasteiger partial charge in [-0.1, -0.05) is 6.07 Å². The van der Waals surface area contributed by atoms with E-state index in [2.05, 4.69) is 34.7 Å². The van der Waals surface area contributed by atoms with E-state index in [0.29, 0.717) is 6.04 Å². The quantitative estimate of drug-likeness (QED) is 0.911. The highest BCUT2D eigenvalue weighted by atomic mass is 16.3. The van der Waals surface area contributed by atoms with Gasteiger partial charge in [0.2, 0.25) is 0 Å². The Labute approximate surface area is 122 Å². The normalized spacial score (nSPS) is 18.7. The van der Waals surface area contributed by atoms with Crippen molar-refractivity contribution in [2.45, 2.75) is 45.9 Å². The van der Waals surface area contributed by atoms with Crippen LogP contribution in [-0.4, -0.2) is 52.1 Å². The predicted octanol–water partition coefficient (Wildman–Crippen LogP) is 1.84. The van der Waals surface area contributed by atoms with Crippen molar-refractivity contribution < 1.29 is 5.11 Å². The smallest absolute Gasteiger partial charge is 0.101 e. The van der Waals surface area contributed by atoms with E-state index in [1.807, 2.05) is 12.3 Å². The maximum Gasteiger partial charge on any atom is 0.101 e. The fourth-order valence-corrected chi connectivity index (χ4v) is 2.58. The van der Waals surface area contributed by atoms with Gasteiger partial charge in [0.25, 0.3) is 0 Å². The second-order valence-electron chi connectivity index (χ2n) is 6.52. The molecule has 1 aromatic heterocycles. The van der Waals surface area contributed by atoms with Crippen LogP contribution in [0.3, 0.4) is 0 Å². The Morgan fingerprint density at radius 1 is 1.20 bits per heavy atom. The van der Waals surface area contributed by atoms with Crippen molar-refractivity contribution in [1.82, 2.24) is 14.8 Å². The van der Waals surface area contributed by atoms with E-state index in [1.54, 1.807) is 13.8 Å². The highest BCUT2D eigenvalue weighted by Crippen LogP contribution is 2.17. The average Bonchev–Trinajstić information content (AvgIpc) is 2.39. The maximum atomic E-state index is 9.90. The summed E-state index contributed by atoms with van der Waals surface area (Å²) in [5, 5.41) is 9.90. The fraction of sp³-hybridized carbons (Fsp3) is 0.688. The van der Waals surface area contributed by atoms with Crippen molar-refractivity contribution >= 4 is 0 Å². The summed E-state index contributed by atoms with van der Waals surface area (Å²) in [6, 6.07) is 4.65. The van der Waals surface area contributed by atoms with E-state index >= 15 is 0 Å². The Hall–Kier alpha value is -0.970. The van der Waals surface area contributed by atoms with Gasteiger partial charge in [0.05, 0.1) is 5.69 Å². The summed E-state index contributed by atoms with van der Waals surface area (Å²) in [4.78, 5) is 9.36. The molecule has 20 heavy (non-hydrogen) atoms. The van der Waals surface area contributed by atoms with Crippen LogP contribution in [0.1, 0.15) is 39.0 Å². The highest BCUT2D eigenvalue weighted by Gasteiger charge is 2.20. The third-order valence-electron chi connectivity index (χ3n) is 3.99. The van der Waals surface area contributed by atoms with Crippen molar-refractivity contribution in [3.8, 4) is 0 Å². The van der Waals surface area contributed by atoms with Crippen LogP contribution < -0.4 is 0 Å². The molecule has 112 valence electrons. The number of aliphatic hydroxyl groups is 1. The molecule has 1 N–H and O–H groups in total. The molecule has 1 aliphatic rings. The lowest BCUT2D eigenvalue weighted by atomic mass is 10.0. The van der Waals surface area contributed by atoms with E-state index in [9.17, 15) is 5.11 Å². The zero-order valence-corrected chi connectivity index (χ0v) is 13.1. The number of piperazine rings is 1. The lowest BCUT2D eigenvalue weighted by molar-refractivity contribution is 0.0737. The van der Waals surface area contributed by atoms with Crippen LogP contribution in [0, 0.1) is 0 Å². The molecule has 2 rings (SSSR count). The zero-order chi connectivity index (χ0) is 14.8. The molecular formula is C16H27N3O. The van der Waals surface area contributed by atoms with Gasteiger partial charge in [-0.15, -0.1) is 0 Å². The number of aromatic nitrogens is 1. The van der Waals surface area contributed by atoms with E-state index in [0.717, 1.165) is 38.4 Å². The third kappa shape index (κ3) is 4.01. The van der Waals surface area contributed by atoms with E-state index < -0.39 is 5.60 Å². The van der Waals surface area contributed by atoms with Crippen molar-refractivity contribution in [2.24, 2.45) is 0 Å². The average molecular weight is 277 g/mol.